The van der Waals surface area contributed by atoms with Crippen LogP contribution < -0.4 is 5.32 Å². The molecule has 0 spiro atoms. The molecule has 3 aromatic rings. The monoisotopic (exact) mass is 317 g/mol. The van der Waals surface area contributed by atoms with Gasteiger partial charge >= 0.3 is 0 Å². The Bertz CT molecular complexity index is 848. The Hall–Kier alpha value is -3.40. The van der Waals surface area contributed by atoms with Crippen LogP contribution in [-0.2, 0) is 0 Å². The van der Waals surface area contributed by atoms with Gasteiger partial charge in [0, 0.05) is 11.3 Å². The van der Waals surface area contributed by atoms with E-state index >= 15 is 0 Å². The molecule has 1 aromatic heterocycles. The van der Waals surface area contributed by atoms with Gasteiger partial charge in [-0.05, 0) is 48.0 Å². The van der Waals surface area contributed by atoms with Crippen molar-refractivity contribution in [2.24, 2.45) is 0 Å². The lowest BCUT2D eigenvalue weighted by atomic mass is 10.1. The first-order chi connectivity index (χ1) is 11.7. The van der Waals surface area contributed by atoms with E-state index in [1.54, 1.807) is 42.5 Å². The van der Waals surface area contributed by atoms with E-state index in [0.29, 0.717) is 17.0 Å². The minimum absolute atomic E-state index is 0.160. The number of carbonyl (C=O) groups is 2. The molecule has 0 radical (unpaired) electrons. The summed E-state index contributed by atoms with van der Waals surface area (Å²) in [4.78, 5) is 23.9. The summed E-state index contributed by atoms with van der Waals surface area (Å²) in [5.74, 6) is -0.0497. The van der Waals surface area contributed by atoms with E-state index in [0.717, 1.165) is 5.56 Å². The van der Waals surface area contributed by atoms with Crippen LogP contribution in [0.3, 0.4) is 0 Å². The van der Waals surface area contributed by atoms with Gasteiger partial charge in [-0.2, -0.15) is 0 Å². The maximum Gasteiger partial charge on any atom is 0.255 e. The summed E-state index contributed by atoms with van der Waals surface area (Å²) in [5, 5.41) is 2.83. The van der Waals surface area contributed by atoms with Gasteiger partial charge in [-0.1, -0.05) is 36.4 Å². The molecule has 0 bridgehead atoms. The summed E-state index contributed by atoms with van der Waals surface area (Å²) in [5.41, 5.74) is 2.15. The topological polar surface area (TPSA) is 59.3 Å². The van der Waals surface area contributed by atoms with Gasteiger partial charge in [0.25, 0.3) is 5.91 Å². The maximum atomic E-state index is 12.1. The summed E-state index contributed by atoms with van der Waals surface area (Å²) < 4.78 is 5.04. The van der Waals surface area contributed by atoms with Gasteiger partial charge in [-0.25, -0.2) is 0 Å². The molecule has 2 aromatic carbocycles. The summed E-state index contributed by atoms with van der Waals surface area (Å²) in [6.45, 7) is 0. The van der Waals surface area contributed by atoms with E-state index in [9.17, 15) is 9.59 Å². The number of benzene rings is 2. The molecule has 0 atom stereocenters. The van der Waals surface area contributed by atoms with Crippen LogP contribution in [0.15, 0.2) is 83.5 Å². The van der Waals surface area contributed by atoms with Gasteiger partial charge in [0.15, 0.2) is 5.76 Å². The fourth-order valence-corrected chi connectivity index (χ4v) is 2.14. The van der Waals surface area contributed by atoms with Crippen molar-refractivity contribution in [1.82, 2.24) is 0 Å². The molecule has 118 valence electrons. The predicted molar refractivity (Wildman–Crippen MR) is 92.9 cm³/mol. The summed E-state index contributed by atoms with van der Waals surface area (Å²) in [6.07, 6.45) is 4.62. The summed E-state index contributed by atoms with van der Waals surface area (Å²) in [7, 11) is 0. The highest BCUT2D eigenvalue weighted by molar-refractivity contribution is 6.05. The Kier molecular flexibility index (Phi) is 4.68. The van der Waals surface area contributed by atoms with Crippen LogP contribution in [-0.4, -0.2) is 11.7 Å². The molecule has 0 saturated heterocycles. The van der Waals surface area contributed by atoms with Gasteiger partial charge < -0.3 is 9.73 Å². The molecular formula is C20H15NO3. The van der Waals surface area contributed by atoms with Crippen LogP contribution in [0.2, 0.25) is 0 Å². The zero-order valence-electron chi connectivity index (χ0n) is 12.8. The molecule has 1 heterocycles. The van der Waals surface area contributed by atoms with E-state index < -0.39 is 0 Å². The van der Waals surface area contributed by atoms with Crippen LogP contribution >= 0.6 is 0 Å². The highest BCUT2D eigenvalue weighted by Gasteiger charge is 2.05. The summed E-state index contributed by atoms with van der Waals surface area (Å²) >= 11 is 0. The first-order valence-corrected chi connectivity index (χ1v) is 7.45. The number of rotatable bonds is 5. The Labute approximate surface area is 139 Å². The number of allylic oxidation sites excluding steroid dienone is 1. The number of ketones is 1. The molecule has 0 aliphatic heterocycles. The number of hydrogen-bond donors (Lipinski definition) is 1. The lowest BCUT2D eigenvalue weighted by Crippen LogP contribution is -2.11. The van der Waals surface area contributed by atoms with Gasteiger partial charge in [0.2, 0.25) is 5.78 Å². The van der Waals surface area contributed by atoms with E-state index in [1.807, 2.05) is 30.3 Å². The first-order valence-electron chi connectivity index (χ1n) is 7.45. The molecule has 0 fully saturated rings. The van der Waals surface area contributed by atoms with Gasteiger partial charge in [0.1, 0.15) is 0 Å². The standard InChI is InChI=1S/C20H15NO3/c22-18(19-7-4-14-24-19)13-10-15-8-11-17(12-9-15)21-20(23)16-5-2-1-3-6-16/h1-14H,(H,21,23). The second kappa shape index (κ2) is 7.24. The van der Waals surface area contributed by atoms with Gasteiger partial charge in [-0.15, -0.1) is 0 Å². The maximum absolute atomic E-state index is 12.1. The lowest BCUT2D eigenvalue weighted by Gasteiger charge is -2.05. The van der Waals surface area contributed by atoms with Crippen LogP contribution in [0.25, 0.3) is 6.08 Å². The van der Waals surface area contributed by atoms with Crippen LogP contribution in [0.5, 0.6) is 0 Å². The van der Waals surface area contributed by atoms with Crippen molar-refractivity contribution in [3.05, 3.63) is 96.0 Å². The van der Waals surface area contributed by atoms with Crippen molar-refractivity contribution in [2.45, 2.75) is 0 Å². The average molecular weight is 317 g/mol. The molecule has 0 saturated carbocycles. The smallest absolute Gasteiger partial charge is 0.255 e. The third kappa shape index (κ3) is 3.87. The molecule has 0 unspecified atom stereocenters. The number of nitrogens with one attached hydrogen (secondary N) is 1. The minimum Gasteiger partial charge on any atom is -0.461 e. The third-order valence-corrected chi connectivity index (χ3v) is 3.40. The third-order valence-electron chi connectivity index (χ3n) is 3.40. The Morgan fingerprint density at radius 1 is 0.875 bits per heavy atom. The number of amides is 1. The number of hydrogen-bond acceptors (Lipinski definition) is 3. The highest BCUT2D eigenvalue weighted by atomic mass is 16.3. The summed E-state index contributed by atoms with van der Waals surface area (Å²) in [6, 6.07) is 19.5. The fourth-order valence-electron chi connectivity index (χ4n) is 2.14. The molecule has 4 nitrogen and oxygen atoms in total. The quantitative estimate of drug-likeness (QED) is 0.559. The second-order valence-corrected chi connectivity index (χ2v) is 5.12. The molecule has 1 N–H and O–H groups in total. The number of carbonyl (C=O) groups excluding carboxylic acids is 2. The number of anilines is 1. The van der Waals surface area contributed by atoms with Crippen molar-refractivity contribution in [2.75, 3.05) is 5.32 Å². The molecule has 0 aliphatic rings. The van der Waals surface area contributed by atoms with Gasteiger partial charge in [0.05, 0.1) is 6.26 Å². The van der Waals surface area contributed by atoms with Crippen molar-refractivity contribution in [3.8, 4) is 0 Å². The van der Waals surface area contributed by atoms with Crippen LogP contribution in [0, 0.1) is 0 Å². The van der Waals surface area contributed by atoms with E-state index in [-0.39, 0.29) is 11.7 Å². The predicted octanol–water partition coefficient (Wildman–Crippen LogP) is 4.43. The zero-order valence-corrected chi connectivity index (χ0v) is 12.8. The minimum atomic E-state index is -0.193. The fraction of sp³-hybridized carbons (Fsp3) is 0. The zero-order chi connectivity index (χ0) is 16.8. The van der Waals surface area contributed by atoms with Crippen molar-refractivity contribution < 1.29 is 14.0 Å². The average Bonchev–Trinajstić information content (AvgIpc) is 3.16. The van der Waals surface area contributed by atoms with Crippen LogP contribution in [0.1, 0.15) is 26.5 Å². The molecule has 0 aliphatic carbocycles. The SMILES string of the molecule is O=C(Nc1ccc(C=CC(=O)c2ccco2)cc1)c1ccccc1. The Balaban J connectivity index is 1.63. The van der Waals surface area contributed by atoms with E-state index in [4.69, 9.17) is 4.42 Å². The highest BCUT2D eigenvalue weighted by Crippen LogP contribution is 2.13. The molecule has 4 heteroatoms. The van der Waals surface area contributed by atoms with Gasteiger partial charge in [-0.3, -0.25) is 9.59 Å². The van der Waals surface area contributed by atoms with E-state index in [2.05, 4.69) is 5.32 Å². The Morgan fingerprint density at radius 3 is 2.29 bits per heavy atom. The largest absolute Gasteiger partial charge is 0.461 e. The van der Waals surface area contributed by atoms with Crippen LogP contribution in [0.4, 0.5) is 5.69 Å². The van der Waals surface area contributed by atoms with E-state index in [1.165, 1.54) is 12.3 Å². The molecule has 1 amide bonds. The van der Waals surface area contributed by atoms with Crippen molar-refractivity contribution >= 4 is 23.5 Å². The molecule has 3 rings (SSSR count). The molecule has 24 heavy (non-hydrogen) atoms. The Morgan fingerprint density at radius 2 is 1.62 bits per heavy atom. The number of furan rings is 1. The first kappa shape index (κ1) is 15.5. The normalized spacial score (nSPS) is 10.7. The second-order valence-electron chi connectivity index (χ2n) is 5.12. The molecular weight excluding hydrogens is 302 g/mol. The van der Waals surface area contributed by atoms with Crippen molar-refractivity contribution in [3.63, 3.8) is 0 Å². The lowest BCUT2D eigenvalue weighted by molar-refractivity contribution is 0.101. The van der Waals surface area contributed by atoms with Crippen molar-refractivity contribution in [1.29, 1.82) is 0 Å².